The number of thiophene rings is 1. The molecule has 2 heterocycles. The molecule has 1 aliphatic heterocycles. The maximum absolute atomic E-state index is 11.6. The third-order valence-electron chi connectivity index (χ3n) is 2.81. The minimum Gasteiger partial charge on any atom is -0.336 e. The highest BCUT2D eigenvalue weighted by Crippen LogP contribution is 2.23. The van der Waals surface area contributed by atoms with Crippen LogP contribution in [-0.4, -0.2) is 17.4 Å². The molecule has 0 spiro atoms. The van der Waals surface area contributed by atoms with Crippen LogP contribution in [0.5, 0.6) is 0 Å². The van der Waals surface area contributed by atoms with Crippen molar-refractivity contribution in [1.82, 2.24) is 4.90 Å². The Morgan fingerprint density at radius 2 is 2.31 bits per heavy atom. The molecule has 1 saturated heterocycles. The Labute approximate surface area is 99.3 Å². The predicted octanol–water partition coefficient (Wildman–Crippen LogP) is 2.18. The largest absolute Gasteiger partial charge is 0.336 e. The topological polar surface area (TPSA) is 44.1 Å². The first kappa shape index (κ1) is 11.2. The Hall–Kier alpha value is -1.34. The number of carbonyl (C=O) groups is 1. The minimum absolute atomic E-state index is 0.109. The van der Waals surface area contributed by atoms with Crippen LogP contribution in [0.2, 0.25) is 0 Å². The van der Waals surface area contributed by atoms with Crippen molar-refractivity contribution in [3.8, 4) is 6.07 Å². The number of hydrogen-bond donors (Lipinski definition) is 0. The van der Waals surface area contributed by atoms with Crippen LogP contribution in [0.25, 0.3) is 0 Å². The van der Waals surface area contributed by atoms with E-state index in [1.807, 2.05) is 0 Å². The quantitative estimate of drug-likeness (QED) is 0.804. The van der Waals surface area contributed by atoms with Crippen molar-refractivity contribution in [2.45, 2.75) is 26.3 Å². The van der Waals surface area contributed by atoms with Crippen molar-refractivity contribution in [3.05, 3.63) is 21.9 Å². The maximum Gasteiger partial charge on any atom is 0.224 e. The molecule has 84 valence electrons. The Balaban J connectivity index is 2.00. The standard InChI is InChI=1S/C12H14N2OS/c1-2-10-3-4-11(16-10)8-14-7-9(6-13)5-12(14)15/h3-4,9H,2,5,7-8H2,1H3. The molecule has 16 heavy (non-hydrogen) atoms. The van der Waals surface area contributed by atoms with Crippen molar-refractivity contribution >= 4 is 17.2 Å². The maximum atomic E-state index is 11.6. The van der Waals surface area contributed by atoms with Gasteiger partial charge in [-0.3, -0.25) is 4.79 Å². The third-order valence-corrected chi connectivity index (χ3v) is 4.02. The average molecular weight is 234 g/mol. The van der Waals surface area contributed by atoms with Crippen molar-refractivity contribution in [2.75, 3.05) is 6.54 Å². The highest BCUT2D eigenvalue weighted by atomic mass is 32.1. The van der Waals surface area contributed by atoms with Gasteiger partial charge in [0.15, 0.2) is 0 Å². The summed E-state index contributed by atoms with van der Waals surface area (Å²) in [5, 5.41) is 8.78. The lowest BCUT2D eigenvalue weighted by Gasteiger charge is -2.13. The van der Waals surface area contributed by atoms with Crippen LogP contribution in [0.1, 0.15) is 23.1 Å². The normalized spacial score (nSPS) is 20.1. The van der Waals surface area contributed by atoms with Crippen LogP contribution >= 0.6 is 11.3 Å². The summed E-state index contributed by atoms with van der Waals surface area (Å²) in [5.41, 5.74) is 0. The van der Waals surface area contributed by atoms with E-state index in [2.05, 4.69) is 25.1 Å². The van der Waals surface area contributed by atoms with Gasteiger partial charge in [0.1, 0.15) is 0 Å². The molecule has 0 N–H and O–H groups in total. The number of carbonyl (C=O) groups excluding carboxylic acids is 1. The van der Waals surface area contributed by atoms with Gasteiger partial charge in [-0.25, -0.2) is 0 Å². The number of hydrogen-bond acceptors (Lipinski definition) is 3. The second-order valence-electron chi connectivity index (χ2n) is 4.03. The van der Waals surface area contributed by atoms with Crippen LogP contribution in [-0.2, 0) is 17.8 Å². The second kappa shape index (κ2) is 4.67. The summed E-state index contributed by atoms with van der Waals surface area (Å²) < 4.78 is 0. The number of amides is 1. The minimum atomic E-state index is -0.113. The van der Waals surface area contributed by atoms with Gasteiger partial charge < -0.3 is 4.90 Å². The van der Waals surface area contributed by atoms with Crippen LogP contribution in [0.15, 0.2) is 12.1 Å². The fourth-order valence-corrected chi connectivity index (χ4v) is 2.87. The monoisotopic (exact) mass is 234 g/mol. The smallest absolute Gasteiger partial charge is 0.224 e. The summed E-state index contributed by atoms with van der Waals surface area (Å²) >= 11 is 1.75. The Morgan fingerprint density at radius 1 is 1.56 bits per heavy atom. The molecule has 1 aromatic heterocycles. The van der Waals surface area contributed by atoms with Crippen LogP contribution in [0.3, 0.4) is 0 Å². The molecule has 0 aliphatic carbocycles. The summed E-state index contributed by atoms with van der Waals surface area (Å²) in [7, 11) is 0. The third kappa shape index (κ3) is 2.25. The van der Waals surface area contributed by atoms with Gasteiger partial charge in [-0.05, 0) is 18.6 Å². The summed E-state index contributed by atoms with van der Waals surface area (Å²) in [4.78, 5) is 16.0. The number of aryl methyl sites for hydroxylation is 1. The Morgan fingerprint density at radius 3 is 2.88 bits per heavy atom. The number of nitrogens with zero attached hydrogens (tertiary/aromatic N) is 2. The molecular weight excluding hydrogens is 220 g/mol. The van der Waals surface area contributed by atoms with E-state index in [4.69, 9.17) is 5.26 Å². The summed E-state index contributed by atoms with van der Waals surface area (Å²) in [6.07, 6.45) is 1.43. The molecule has 1 amide bonds. The summed E-state index contributed by atoms with van der Waals surface area (Å²) in [6, 6.07) is 6.36. The van der Waals surface area contributed by atoms with Crippen LogP contribution in [0.4, 0.5) is 0 Å². The van der Waals surface area contributed by atoms with E-state index in [0.717, 1.165) is 6.42 Å². The lowest BCUT2D eigenvalue weighted by Crippen LogP contribution is -2.23. The molecule has 1 fully saturated rings. The van der Waals surface area contributed by atoms with E-state index in [-0.39, 0.29) is 11.8 Å². The van der Waals surface area contributed by atoms with Gasteiger partial charge in [0.2, 0.25) is 5.91 Å². The van der Waals surface area contributed by atoms with Crippen LogP contribution < -0.4 is 0 Å². The zero-order chi connectivity index (χ0) is 11.5. The summed E-state index contributed by atoms with van der Waals surface area (Å²) in [6.45, 7) is 3.39. The molecule has 4 heteroatoms. The summed E-state index contributed by atoms with van der Waals surface area (Å²) in [5.74, 6) is -0.00361. The molecule has 0 bridgehead atoms. The molecule has 0 aromatic carbocycles. The SMILES string of the molecule is CCc1ccc(CN2CC(C#N)CC2=O)s1. The first-order chi connectivity index (χ1) is 7.72. The van der Waals surface area contributed by atoms with E-state index < -0.39 is 0 Å². The molecule has 1 aromatic rings. The molecule has 0 radical (unpaired) electrons. The average Bonchev–Trinajstić information content (AvgIpc) is 2.87. The molecular formula is C12H14N2OS. The molecule has 2 rings (SSSR count). The highest BCUT2D eigenvalue weighted by molar-refractivity contribution is 7.11. The lowest BCUT2D eigenvalue weighted by molar-refractivity contribution is -0.128. The van der Waals surface area contributed by atoms with E-state index in [1.54, 1.807) is 16.2 Å². The van der Waals surface area contributed by atoms with Gasteiger partial charge in [0.05, 0.1) is 18.5 Å². The van der Waals surface area contributed by atoms with E-state index >= 15 is 0 Å². The molecule has 1 unspecified atom stereocenters. The van der Waals surface area contributed by atoms with Gasteiger partial charge in [-0.1, -0.05) is 6.92 Å². The zero-order valence-electron chi connectivity index (χ0n) is 9.27. The Bertz CT molecular complexity index is 432. The fourth-order valence-electron chi connectivity index (χ4n) is 1.90. The second-order valence-corrected chi connectivity index (χ2v) is 5.28. The first-order valence-electron chi connectivity index (χ1n) is 5.48. The molecule has 1 atom stereocenters. The first-order valence-corrected chi connectivity index (χ1v) is 6.29. The number of likely N-dealkylation sites (tertiary alicyclic amines) is 1. The van der Waals surface area contributed by atoms with Gasteiger partial charge >= 0.3 is 0 Å². The Kier molecular flexibility index (Phi) is 3.25. The van der Waals surface area contributed by atoms with Crippen molar-refractivity contribution in [2.24, 2.45) is 5.92 Å². The fraction of sp³-hybridized carbons (Fsp3) is 0.500. The predicted molar refractivity (Wildman–Crippen MR) is 62.8 cm³/mol. The zero-order valence-corrected chi connectivity index (χ0v) is 10.1. The van der Waals surface area contributed by atoms with Crippen LogP contribution in [0, 0.1) is 17.2 Å². The number of nitriles is 1. The van der Waals surface area contributed by atoms with E-state index in [9.17, 15) is 4.79 Å². The van der Waals surface area contributed by atoms with E-state index in [1.165, 1.54) is 9.75 Å². The van der Waals surface area contributed by atoms with Gasteiger partial charge in [0, 0.05) is 22.7 Å². The number of rotatable bonds is 3. The lowest BCUT2D eigenvalue weighted by atomic mass is 10.1. The van der Waals surface area contributed by atoms with Gasteiger partial charge in [-0.2, -0.15) is 5.26 Å². The van der Waals surface area contributed by atoms with Crippen molar-refractivity contribution in [1.29, 1.82) is 5.26 Å². The molecule has 0 saturated carbocycles. The molecule has 1 aliphatic rings. The molecule has 3 nitrogen and oxygen atoms in total. The van der Waals surface area contributed by atoms with Crippen molar-refractivity contribution < 1.29 is 4.79 Å². The van der Waals surface area contributed by atoms with Gasteiger partial charge in [0.25, 0.3) is 0 Å². The van der Waals surface area contributed by atoms with E-state index in [0.29, 0.717) is 19.5 Å². The highest BCUT2D eigenvalue weighted by Gasteiger charge is 2.29. The van der Waals surface area contributed by atoms with Crippen molar-refractivity contribution in [3.63, 3.8) is 0 Å². The van der Waals surface area contributed by atoms with Gasteiger partial charge in [-0.15, -0.1) is 11.3 Å².